The van der Waals surface area contributed by atoms with Crippen LogP contribution in [0, 0.1) is 0 Å². The number of aryl methyl sites for hydroxylation is 1. The van der Waals surface area contributed by atoms with Crippen LogP contribution in [0.3, 0.4) is 0 Å². The number of hydrogen-bond donors (Lipinski definition) is 1. The molecule has 5 heteroatoms. The van der Waals surface area contributed by atoms with Crippen LogP contribution in [0.25, 0.3) is 0 Å². The largest absolute Gasteiger partial charge is 0.384 e. The highest BCUT2D eigenvalue weighted by Gasteiger charge is 2.27. The molecule has 5 nitrogen and oxygen atoms in total. The zero-order valence-corrected chi connectivity index (χ0v) is 8.26. The first kappa shape index (κ1) is 9.61. The van der Waals surface area contributed by atoms with Gasteiger partial charge >= 0.3 is 0 Å². The third kappa shape index (κ3) is 1.65. The molecule has 1 N–H and O–H groups in total. The minimum absolute atomic E-state index is 0.0844. The highest BCUT2D eigenvalue weighted by Crippen LogP contribution is 2.25. The van der Waals surface area contributed by atoms with Gasteiger partial charge in [-0.3, -0.25) is 0 Å². The zero-order valence-electron chi connectivity index (χ0n) is 8.26. The van der Waals surface area contributed by atoms with E-state index in [1.807, 2.05) is 6.92 Å². The Bertz CT molecular complexity index is 294. The molecule has 0 saturated carbocycles. The molecule has 0 bridgehead atoms. The number of hydrogen-bond acceptors (Lipinski definition) is 4. The number of aromatic nitrogens is 3. The fourth-order valence-electron chi connectivity index (χ4n) is 1.78. The van der Waals surface area contributed by atoms with E-state index >= 15 is 0 Å². The third-order valence-corrected chi connectivity index (χ3v) is 2.57. The van der Waals surface area contributed by atoms with Crippen LogP contribution in [0.2, 0.25) is 0 Å². The molecule has 0 amide bonds. The number of rotatable bonds is 3. The number of nitrogens with zero attached hydrogens (tertiary/aromatic N) is 3. The van der Waals surface area contributed by atoms with E-state index in [9.17, 15) is 5.11 Å². The van der Waals surface area contributed by atoms with Crippen LogP contribution in [-0.2, 0) is 11.3 Å². The highest BCUT2D eigenvalue weighted by atomic mass is 16.5. The van der Waals surface area contributed by atoms with Crippen LogP contribution < -0.4 is 0 Å². The molecule has 0 spiro atoms. The summed E-state index contributed by atoms with van der Waals surface area (Å²) in [5.74, 6) is 0. The highest BCUT2D eigenvalue weighted by molar-refractivity contribution is 5.02. The Hall–Kier alpha value is -0.940. The van der Waals surface area contributed by atoms with E-state index in [4.69, 9.17) is 4.74 Å². The van der Waals surface area contributed by atoms with Crippen molar-refractivity contribution >= 4 is 0 Å². The molecule has 78 valence electrons. The Kier molecular flexibility index (Phi) is 2.79. The van der Waals surface area contributed by atoms with Crippen LogP contribution >= 0.6 is 0 Å². The minimum atomic E-state index is -0.590. The maximum absolute atomic E-state index is 10.00. The Labute approximate surface area is 82.7 Å². The van der Waals surface area contributed by atoms with Gasteiger partial charge < -0.3 is 9.84 Å². The normalized spacial score (nSPS) is 24.0. The van der Waals surface area contributed by atoms with Crippen LogP contribution in [-0.4, -0.2) is 32.8 Å². The van der Waals surface area contributed by atoms with Crippen molar-refractivity contribution in [3.63, 3.8) is 0 Å². The molecule has 2 heterocycles. The van der Waals surface area contributed by atoms with Gasteiger partial charge in [-0.1, -0.05) is 5.21 Å². The molecule has 0 aliphatic carbocycles. The van der Waals surface area contributed by atoms with Crippen molar-refractivity contribution in [1.82, 2.24) is 15.0 Å². The van der Waals surface area contributed by atoms with Crippen molar-refractivity contribution in [1.29, 1.82) is 0 Å². The topological polar surface area (TPSA) is 60.2 Å². The summed E-state index contributed by atoms with van der Waals surface area (Å²) < 4.78 is 7.12. The van der Waals surface area contributed by atoms with Gasteiger partial charge in [-0.25, -0.2) is 4.68 Å². The average Bonchev–Trinajstić information content (AvgIpc) is 2.87. The molecule has 2 unspecified atom stereocenters. The van der Waals surface area contributed by atoms with Crippen LogP contribution in [0.5, 0.6) is 0 Å². The summed E-state index contributed by atoms with van der Waals surface area (Å²) in [5.41, 5.74) is 0.749. The molecule has 1 aromatic heterocycles. The Morgan fingerprint density at radius 1 is 1.79 bits per heavy atom. The molecule has 2 rings (SSSR count). The molecule has 0 radical (unpaired) electrons. The first-order chi connectivity index (χ1) is 6.83. The quantitative estimate of drug-likeness (QED) is 0.767. The first-order valence-corrected chi connectivity index (χ1v) is 5.01. The van der Waals surface area contributed by atoms with Gasteiger partial charge in [-0.2, -0.15) is 0 Å². The molecule has 2 atom stereocenters. The Morgan fingerprint density at radius 3 is 3.29 bits per heavy atom. The van der Waals surface area contributed by atoms with Crippen molar-refractivity contribution in [3.8, 4) is 0 Å². The number of ether oxygens (including phenoxy) is 1. The lowest BCUT2D eigenvalue weighted by molar-refractivity contribution is -0.00688. The smallest absolute Gasteiger partial charge is 0.123 e. The molecule has 1 aromatic rings. The standard InChI is InChI=1S/C9H15N3O2/c1-2-12-7(6-10-11-12)9(13)8-4-3-5-14-8/h6,8-9,13H,2-5H2,1H3. The second-order valence-electron chi connectivity index (χ2n) is 3.47. The summed E-state index contributed by atoms with van der Waals surface area (Å²) in [4.78, 5) is 0. The van der Waals surface area contributed by atoms with Gasteiger partial charge in [0.05, 0.1) is 18.0 Å². The maximum atomic E-state index is 10.00. The van der Waals surface area contributed by atoms with Gasteiger partial charge in [0.1, 0.15) is 6.10 Å². The lowest BCUT2D eigenvalue weighted by Gasteiger charge is -2.17. The summed E-state index contributed by atoms with van der Waals surface area (Å²) in [6.45, 7) is 3.44. The van der Waals surface area contributed by atoms with Gasteiger partial charge in [0.25, 0.3) is 0 Å². The molecule has 1 fully saturated rings. The summed E-state index contributed by atoms with van der Waals surface area (Å²) in [5, 5.41) is 17.7. The Balaban J connectivity index is 2.12. The van der Waals surface area contributed by atoms with Crippen molar-refractivity contribution in [2.45, 2.75) is 38.5 Å². The molecule has 1 saturated heterocycles. The zero-order chi connectivity index (χ0) is 9.97. The van der Waals surface area contributed by atoms with E-state index in [1.165, 1.54) is 0 Å². The van der Waals surface area contributed by atoms with Gasteiger partial charge in [0.15, 0.2) is 0 Å². The third-order valence-electron chi connectivity index (χ3n) is 2.57. The summed E-state index contributed by atoms with van der Waals surface area (Å²) >= 11 is 0. The average molecular weight is 197 g/mol. The van der Waals surface area contributed by atoms with Gasteiger partial charge in [0, 0.05) is 13.2 Å². The molecule has 0 aromatic carbocycles. The summed E-state index contributed by atoms with van der Waals surface area (Å²) in [6.07, 6.45) is 2.87. The summed E-state index contributed by atoms with van der Waals surface area (Å²) in [6, 6.07) is 0. The predicted octanol–water partition coefficient (Wildman–Crippen LogP) is 0.510. The van der Waals surface area contributed by atoms with E-state index in [-0.39, 0.29) is 6.10 Å². The van der Waals surface area contributed by atoms with Gasteiger partial charge in [0.2, 0.25) is 0 Å². The van der Waals surface area contributed by atoms with E-state index < -0.39 is 6.10 Å². The maximum Gasteiger partial charge on any atom is 0.123 e. The monoisotopic (exact) mass is 197 g/mol. The van der Waals surface area contributed by atoms with Crippen molar-refractivity contribution in [3.05, 3.63) is 11.9 Å². The van der Waals surface area contributed by atoms with Crippen LogP contribution in [0.15, 0.2) is 6.20 Å². The number of aliphatic hydroxyl groups is 1. The fourth-order valence-corrected chi connectivity index (χ4v) is 1.78. The molecular weight excluding hydrogens is 182 g/mol. The lowest BCUT2D eigenvalue weighted by atomic mass is 10.1. The molecule has 1 aliphatic rings. The van der Waals surface area contributed by atoms with Gasteiger partial charge in [-0.15, -0.1) is 5.10 Å². The lowest BCUT2D eigenvalue weighted by Crippen LogP contribution is -2.20. The van der Waals surface area contributed by atoms with Crippen molar-refractivity contribution in [2.24, 2.45) is 0 Å². The van der Waals surface area contributed by atoms with Crippen molar-refractivity contribution < 1.29 is 9.84 Å². The van der Waals surface area contributed by atoms with Gasteiger partial charge in [-0.05, 0) is 19.8 Å². The molecule has 14 heavy (non-hydrogen) atoms. The Morgan fingerprint density at radius 2 is 2.64 bits per heavy atom. The van der Waals surface area contributed by atoms with Crippen molar-refractivity contribution in [2.75, 3.05) is 6.61 Å². The van der Waals surface area contributed by atoms with E-state index in [1.54, 1.807) is 10.9 Å². The van der Waals surface area contributed by atoms with E-state index in [0.717, 1.165) is 31.7 Å². The van der Waals surface area contributed by atoms with E-state index in [0.29, 0.717) is 0 Å². The predicted molar refractivity (Wildman–Crippen MR) is 49.6 cm³/mol. The second-order valence-corrected chi connectivity index (χ2v) is 3.47. The fraction of sp³-hybridized carbons (Fsp3) is 0.778. The SMILES string of the molecule is CCn1nncc1C(O)C1CCCO1. The molecule has 1 aliphatic heterocycles. The molecular formula is C9H15N3O2. The van der Waals surface area contributed by atoms with Crippen LogP contribution in [0.1, 0.15) is 31.6 Å². The first-order valence-electron chi connectivity index (χ1n) is 5.01. The summed E-state index contributed by atoms with van der Waals surface area (Å²) in [7, 11) is 0. The van der Waals surface area contributed by atoms with E-state index in [2.05, 4.69) is 10.3 Å². The second kappa shape index (κ2) is 4.06. The van der Waals surface area contributed by atoms with Crippen LogP contribution in [0.4, 0.5) is 0 Å². The minimum Gasteiger partial charge on any atom is -0.384 e. The number of aliphatic hydroxyl groups excluding tert-OH is 1.